The summed E-state index contributed by atoms with van der Waals surface area (Å²) in [4.78, 5) is 49.9. The molecule has 4 saturated carbocycles. The van der Waals surface area contributed by atoms with Crippen molar-refractivity contribution in [2.75, 3.05) is 6.61 Å². The van der Waals surface area contributed by atoms with Gasteiger partial charge in [-0.25, -0.2) is 0 Å². The molecule has 0 radical (unpaired) electrons. The van der Waals surface area contributed by atoms with E-state index in [2.05, 4.69) is 40.7 Å². The van der Waals surface area contributed by atoms with Gasteiger partial charge in [-0.1, -0.05) is 53.2 Å². The van der Waals surface area contributed by atoms with E-state index >= 15 is 0 Å². The first-order valence-corrected chi connectivity index (χ1v) is 16.7. The van der Waals surface area contributed by atoms with E-state index in [1.54, 1.807) is 0 Å². The molecule has 5 aliphatic rings. The minimum absolute atomic E-state index is 0.0218. The van der Waals surface area contributed by atoms with E-state index in [0.717, 1.165) is 44.9 Å². The molecular formula is C36H54O8. The summed E-state index contributed by atoms with van der Waals surface area (Å²) in [6.07, 6.45) is 8.19. The Morgan fingerprint density at radius 2 is 1.45 bits per heavy atom. The van der Waals surface area contributed by atoms with Gasteiger partial charge in [0.15, 0.2) is 0 Å². The number of hydrogen-bond acceptors (Lipinski definition) is 7. The number of carboxylic acid groups (broad SMARTS) is 1. The summed E-state index contributed by atoms with van der Waals surface area (Å²) < 4.78 is 17.6. The highest BCUT2D eigenvalue weighted by atomic mass is 16.6. The molecule has 1 N–H and O–H groups in total. The average molecular weight is 615 g/mol. The number of carboxylic acids is 1. The minimum Gasteiger partial charge on any atom is -0.481 e. The molecule has 0 aromatic rings. The quantitative estimate of drug-likeness (QED) is 0.202. The van der Waals surface area contributed by atoms with Crippen LogP contribution in [0.5, 0.6) is 0 Å². The van der Waals surface area contributed by atoms with E-state index in [4.69, 9.17) is 14.2 Å². The van der Waals surface area contributed by atoms with Gasteiger partial charge in [0.25, 0.3) is 0 Å². The Morgan fingerprint density at radius 3 is 2.05 bits per heavy atom. The zero-order valence-corrected chi connectivity index (χ0v) is 28.3. The van der Waals surface area contributed by atoms with Crippen LogP contribution in [-0.2, 0) is 33.4 Å². The zero-order valence-electron chi connectivity index (χ0n) is 28.3. The monoisotopic (exact) mass is 614 g/mol. The lowest BCUT2D eigenvalue weighted by Gasteiger charge is -2.71. The minimum atomic E-state index is -0.769. The van der Waals surface area contributed by atoms with Gasteiger partial charge >= 0.3 is 23.9 Å². The topological polar surface area (TPSA) is 116 Å². The molecule has 246 valence electrons. The van der Waals surface area contributed by atoms with Gasteiger partial charge in [-0.15, -0.1) is 0 Å². The molecule has 0 spiro atoms. The second-order valence-corrected chi connectivity index (χ2v) is 16.8. The van der Waals surface area contributed by atoms with E-state index in [0.29, 0.717) is 12.8 Å². The molecular weight excluding hydrogens is 560 g/mol. The number of allylic oxidation sites excluding steroid dienone is 2. The van der Waals surface area contributed by atoms with Crippen molar-refractivity contribution >= 4 is 23.9 Å². The van der Waals surface area contributed by atoms with Crippen molar-refractivity contribution in [3.05, 3.63) is 11.6 Å². The third-order valence-electron chi connectivity index (χ3n) is 14.0. The van der Waals surface area contributed by atoms with Crippen molar-refractivity contribution in [3.63, 3.8) is 0 Å². The third-order valence-corrected chi connectivity index (χ3v) is 14.0. The number of fused-ring (bicyclic) bond motifs is 7. The first kappa shape index (κ1) is 33.0. The number of carbonyl (C=O) groups is 4. The maximum absolute atomic E-state index is 13.0. The van der Waals surface area contributed by atoms with Crippen LogP contribution >= 0.6 is 0 Å². The summed E-state index contributed by atoms with van der Waals surface area (Å²) in [6.45, 7) is 17.9. The Labute approximate surface area is 263 Å². The predicted molar refractivity (Wildman–Crippen MR) is 164 cm³/mol. The highest BCUT2D eigenvalue weighted by Gasteiger charge is 2.71. The Kier molecular flexibility index (Phi) is 7.94. The number of hydrogen-bond donors (Lipinski definition) is 1. The molecule has 0 bridgehead atoms. The van der Waals surface area contributed by atoms with Gasteiger partial charge in [0.05, 0.1) is 5.41 Å². The van der Waals surface area contributed by atoms with Gasteiger partial charge in [0, 0.05) is 26.2 Å². The molecule has 8 heteroatoms. The van der Waals surface area contributed by atoms with Crippen LogP contribution in [0.25, 0.3) is 0 Å². The number of aliphatic carboxylic acids is 1. The molecule has 0 amide bonds. The lowest BCUT2D eigenvalue weighted by molar-refractivity contribution is -0.255. The summed E-state index contributed by atoms with van der Waals surface area (Å²) in [7, 11) is 0. The van der Waals surface area contributed by atoms with E-state index < -0.39 is 46.9 Å². The summed E-state index contributed by atoms with van der Waals surface area (Å²) in [6, 6.07) is 0. The molecule has 0 heterocycles. The van der Waals surface area contributed by atoms with Crippen LogP contribution in [0.1, 0.15) is 120 Å². The number of ether oxygens (including phenoxy) is 3. The highest BCUT2D eigenvalue weighted by molar-refractivity contribution is 5.76. The second kappa shape index (κ2) is 10.6. The van der Waals surface area contributed by atoms with Crippen LogP contribution in [0.2, 0.25) is 0 Å². The fraction of sp³-hybridized carbons (Fsp3) is 0.833. The van der Waals surface area contributed by atoms with E-state index in [9.17, 15) is 24.3 Å². The van der Waals surface area contributed by atoms with Crippen LogP contribution in [0.4, 0.5) is 0 Å². The molecule has 10 atom stereocenters. The van der Waals surface area contributed by atoms with Gasteiger partial charge in [-0.05, 0) is 97.2 Å². The van der Waals surface area contributed by atoms with Crippen molar-refractivity contribution in [2.24, 2.45) is 50.2 Å². The molecule has 0 aliphatic heterocycles. The molecule has 5 aliphatic carbocycles. The molecule has 0 aromatic heterocycles. The number of carbonyl (C=O) groups excluding carboxylic acids is 3. The fourth-order valence-electron chi connectivity index (χ4n) is 11.7. The Bertz CT molecular complexity index is 1270. The fourth-order valence-corrected chi connectivity index (χ4v) is 11.7. The largest absolute Gasteiger partial charge is 0.481 e. The van der Waals surface area contributed by atoms with E-state index in [1.807, 2.05) is 6.92 Å². The van der Waals surface area contributed by atoms with Gasteiger partial charge in [-0.2, -0.15) is 0 Å². The van der Waals surface area contributed by atoms with Crippen LogP contribution in [0.3, 0.4) is 0 Å². The predicted octanol–water partition coefficient (Wildman–Crippen LogP) is 6.89. The molecule has 44 heavy (non-hydrogen) atoms. The van der Waals surface area contributed by atoms with Crippen molar-refractivity contribution in [1.29, 1.82) is 0 Å². The maximum atomic E-state index is 13.0. The van der Waals surface area contributed by atoms with Crippen LogP contribution in [0.15, 0.2) is 11.6 Å². The molecule has 8 nitrogen and oxygen atoms in total. The van der Waals surface area contributed by atoms with Crippen molar-refractivity contribution in [1.82, 2.24) is 0 Å². The van der Waals surface area contributed by atoms with Gasteiger partial charge in [0.1, 0.15) is 18.8 Å². The van der Waals surface area contributed by atoms with E-state index in [1.165, 1.54) is 26.3 Å². The van der Waals surface area contributed by atoms with Crippen molar-refractivity contribution in [2.45, 2.75) is 132 Å². The number of esters is 3. The van der Waals surface area contributed by atoms with Gasteiger partial charge < -0.3 is 19.3 Å². The molecule has 4 fully saturated rings. The first-order valence-electron chi connectivity index (χ1n) is 16.7. The SMILES string of the molecule is CC(=O)OC[C@@]1(C)[C@@H]2CC[C@]3(C)[C@H](CC=C4[C@@H]5CC(C)(C)CC[C@]5(C(=O)O)CC[C@]43C)[C@@]2(C)C[C@H](OC(C)=O)[C@@H]1OC(C)=O. The zero-order chi connectivity index (χ0) is 32.7. The van der Waals surface area contributed by atoms with E-state index in [-0.39, 0.29) is 46.0 Å². The second-order valence-electron chi connectivity index (χ2n) is 16.8. The lowest BCUT2D eigenvalue weighted by Crippen LogP contribution is -2.69. The number of rotatable bonds is 5. The van der Waals surface area contributed by atoms with Crippen LogP contribution in [-0.4, -0.2) is 47.8 Å². The maximum Gasteiger partial charge on any atom is 0.310 e. The molecule has 5 rings (SSSR count). The standard InChI is InChI=1S/C36H54O8/c1-21(37)42-20-33(7)27-12-13-35(9)28(32(27,6)19-26(43-22(2)38)29(33)44-23(3)39)11-10-24-25-18-31(4,5)14-16-36(25,30(40)41)17-15-34(24,35)8/h10,25-29H,11-20H2,1-9H3,(H,40,41)/t25-,26-,27+,28+,29-,32-,33-,34+,35+,36-/m0/s1. The van der Waals surface area contributed by atoms with Gasteiger partial charge in [-0.3, -0.25) is 19.2 Å². The summed E-state index contributed by atoms with van der Waals surface area (Å²) in [5.41, 5.74) is -0.632. The summed E-state index contributed by atoms with van der Waals surface area (Å²) >= 11 is 0. The Morgan fingerprint density at radius 1 is 0.818 bits per heavy atom. The van der Waals surface area contributed by atoms with Crippen molar-refractivity contribution in [3.8, 4) is 0 Å². The third kappa shape index (κ3) is 4.74. The average Bonchev–Trinajstić information content (AvgIpc) is 2.89. The normalized spacial score (nSPS) is 45.7. The molecule has 0 unspecified atom stereocenters. The Balaban J connectivity index is 1.62. The highest BCUT2D eigenvalue weighted by Crippen LogP contribution is 2.76. The summed E-state index contributed by atoms with van der Waals surface area (Å²) in [5.74, 6) is -1.66. The molecule has 0 saturated heterocycles. The van der Waals surface area contributed by atoms with Crippen LogP contribution < -0.4 is 0 Å². The summed E-state index contributed by atoms with van der Waals surface area (Å²) in [5, 5.41) is 10.7. The van der Waals surface area contributed by atoms with Crippen LogP contribution in [0, 0.1) is 50.2 Å². The smallest absolute Gasteiger partial charge is 0.310 e. The first-order chi connectivity index (χ1) is 20.3. The van der Waals surface area contributed by atoms with Gasteiger partial charge in [0.2, 0.25) is 0 Å². The Hall–Kier alpha value is -2.38. The van der Waals surface area contributed by atoms with Crippen molar-refractivity contribution < 1.29 is 38.5 Å². The lowest BCUT2D eigenvalue weighted by atomic mass is 9.33. The molecule has 0 aromatic carbocycles.